The van der Waals surface area contributed by atoms with Crippen LogP contribution in [0.5, 0.6) is 11.5 Å². The van der Waals surface area contributed by atoms with E-state index >= 15 is 0 Å². The summed E-state index contributed by atoms with van der Waals surface area (Å²) in [6, 6.07) is 11.6. The van der Waals surface area contributed by atoms with Crippen LogP contribution in [0.4, 0.5) is 0 Å². The minimum atomic E-state index is -4.16. The maximum Gasteiger partial charge on any atom is 0.238 e. The van der Waals surface area contributed by atoms with Crippen LogP contribution in [-0.2, 0) is 29.7 Å². The van der Waals surface area contributed by atoms with Crippen molar-refractivity contribution in [2.75, 3.05) is 53.6 Å². The molecule has 0 spiro atoms. The van der Waals surface area contributed by atoms with E-state index in [-0.39, 0.29) is 57.3 Å². The Kier molecular flexibility index (Phi) is 10.9. The van der Waals surface area contributed by atoms with Crippen molar-refractivity contribution in [3.8, 4) is 34.0 Å². The van der Waals surface area contributed by atoms with Crippen LogP contribution in [0.25, 0.3) is 33.5 Å². The zero-order valence-corrected chi connectivity index (χ0v) is 27.6. The minimum Gasteiger partial charge on any atom is -0.507 e. The number of carbonyl (C=O) groups excluding carboxylic acids is 1. The molecule has 1 heterocycles. The van der Waals surface area contributed by atoms with Gasteiger partial charge < -0.3 is 40.6 Å². The van der Waals surface area contributed by atoms with Crippen LogP contribution in [0, 0.1) is 5.41 Å². The summed E-state index contributed by atoms with van der Waals surface area (Å²) in [5.41, 5.74) is 6.66. The summed E-state index contributed by atoms with van der Waals surface area (Å²) in [6.45, 7) is 6.15. The van der Waals surface area contributed by atoms with Gasteiger partial charge in [0.25, 0.3) is 0 Å². The molecule has 0 saturated heterocycles. The number of amidine groups is 1. The van der Waals surface area contributed by atoms with Crippen molar-refractivity contribution in [3.05, 3.63) is 59.7 Å². The van der Waals surface area contributed by atoms with Gasteiger partial charge in [-0.05, 0) is 75.0 Å². The molecule has 0 aliphatic rings. The second-order valence-corrected chi connectivity index (χ2v) is 13.1. The van der Waals surface area contributed by atoms with E-state index < -0.39 is 15.4 Å². The number of hydrogen-bond donors (Lipinski definition) is 7. The number of amides is 1. The topological polar surface area (TPSA) is 230 Å². The molecule has 0 aliphatic heterocycles. The molecule has 0 unspecified atom stereocenters. The Hall–Kier alpha value is -4.54. The molecule has 14 nitrogen and oxygen atoms in total. The summed E-state index contributed by atoms with van der Waals surface area (Å²) in [6.07, 6.45) is 0. The number of aromatic hydroxyl groups is 2. The van der Waals surface area contributed by atoms with Gasteiger partial charge in [0.2, 0.25) is 15.9 Å². The Bertz CT molecular complexity index is 1890. The van der Waals surface area contributed by atoms with Crippen LogP contribution < -0.4 is 16.2 Å². The Morgan fingerprint density at radius 2 is 1.70 bits per heavy atom. The number of aromatic amines is 1. The van der Waals surface area contributed by atoms with E-state index in [0.29, 0.717) is 48.5 Å². The molecule has 4 aromatic rings. The van der Waals surface area contributed by atoms with Crippen molar-refractivity contribution < 1.29 is 32.9 Å². The molecule has 252 valence electrons. The van der Waals surface area contributed by atoms with Gasteiger partial charge in [0, 0.05) is 36.8 Å². The van der Waals surface area contributed by atoms with Gasteiger partial charge in [-0.1, -0.05) is 0 Å². The second-order valence-electron chi connectivity index (χ2n) is 11.6. The van der Waals surface area contributed by atoms with Gasteiger partial charge in [-0.3, -0.25) is 10.2 Å². The highest BCUT2D eigenvalue weighted by atomic mass is 32.2. The van der Waals surface area contributed by atoms with E-state index in [9.17, 15) is 23.4 Å². The number of likely N-dealkylation sites (N-methyl/N-ethyl adjacent to an activating group) is 2. The number of phenolic OH excluding ortho intramolecular Hbond substituents is 2. The number of nitrogens with zero attached hydrogens (tertiary/aromatic N) is 2. The molecular formula is C32H41N7O7S. The van der Waals surface area contributed by atoms with Gasteiger partial charge in [-0.2, -0.15) is 0 Å². The van der Waals surface area contributed by atoms with Crippen molar-refractivity contribution >= 4 is 32.8 Å². The first-order chi connectivity index (χ1) is 22.1. The number of fused-ring (bicyclic) bond motifs is 1. The second kappa shape index (κ2) is 14.5. The van der Waals surface area contributed by atoms with Crippen LogP contribution in [0.3, 0.4) is 0 Å². The number of rotatable bonds is 15. The summed E-state index contributed by atoms with van der Waals surface area (Å²) >= 11 is 0. The molecule has 1 aromatic heterocycles. The van der Waals surface area contributed by atoms with Gasteiger partial charge >= 0.3 is 0 Å². The summed E-state index contributed by atoms with van der Waals surface area (Å²) < 4.78 is 35.4. The average Bonchev–Trinajstić information content (AvgIpc) is 3.45. The van der Waals surface area contributed by atoms with E-state index in [2.05, 4.69) is 15.3 Å². The first-order valence-corrected chi connectivity index (χ1v) is 16.3. The zero-order chi connectivity index (χ0) is 34.5. The number of imidazole rings is 1. The van der Waals surface area contributed by atoms with Crippen LogP contribution in [0.2, 0.25) is 0 Å². The zero-order valence-electron chi connectivity index (χ0n) is 26.8. The number of hydrogen-bond acceptors (Lipinski definition) is 10. The number of phenols is 2. The molecule has 4 rings (SSSR count). The van der Waals surface area contributed by atoms with E-state index in [1.165, 1.54) is 17.0 Å². The van der Waals surface area contributed by atoms with Crippen molar-refractivity contribution in [2.45, 2.75) is 24.2 Å². The number of carbonyl (C=O) groups is 1. The van der Waals surface area contributed by atoms with E-state index in [1.54, 1.807) is 45.2 Å². The Balaban J connectivity index is 1.75. The largest absolute Gasteiger partial charge is 0.507 e. The molecule has 0 radical (unpaired) electrons. The standard InChI is InChI=1S/C32H41N7O7S/c1-32(2,31(42)39(4)10-12-46-14-13-45-11-9-36-3)20-16-23(22-18-21(47(35,43)44)6-8-27(22)40)28(41)24(17-20)30-37-25-7-5-19(29(33)34)15-26(25)38-30/h5-8,15-18,36,40-41H,9-14H2,1-4H3,(H3,33,34)(H,37,38)(H2,35,43,44). The van der Waals surface area contributed by atoms with Gasteiger partial charge in [-0.15, -0.1) is 0 Å². The Morgan fingerprint density at radius 3 is 2.36 bits per heavy atom. The molecule has 1 amide bonds. The predicted molar refractivity (Wildman–Crippen MR) is 179 cm³/mol. The summed E-state index contributed by atoms with van der Waals surface area (Å²) in [7, 11) is -0.657. The molecule has 0 atom stereocenters. The normalized spacial score (nSPS) is 12.0. The first kappa shape index (κ1) is 35.3. The average molecular weight is 668 g/mol. The maximum absolute atomic E-state index is 13.9. The Labute approximate surface area is 273 Å². The fourth-order valence-corrected chi connectivity index (χ4v) is 5.53. The predicted octanol–water partition coefficient (Wildman–Crippen LogP) is 2.23. The highest BCUT2D eigenvalue weighted by Gasteiger charge is 2.34. The van der Waals surface area contributed by atoms with Crippen LogP contribution in [-0.4, -0.2) is 98.9 Å². The van der Waals surface area contributed by atoms with Crippen molar-refractivity contribution in [1.29, 1.82) is 5.41 Å². The summed E-state index contributed by atoms with van der Waals surface area (Å²) in [5.74, 6) is -0.817. The lowest BCUT2D eigenvalue weighted by Crippen LogP contribution is -2.42. The third-order valence-electron chi connectivity index (χ3n) is 7.79. The van der Waals surface area contributed by atoms with E-state index in [1.807, 2.05) is 7.05 Å². The molecule has 0 bridgehead atoms. The number of sulfonamides is 1. The molecule has 15 heteroatoms. The van der Waals surface area contributed by atoms with Crippen LogP contribution >= 0.6 is 0 Å². The lowest BCUT2D eigenvalue weighted by molar-refractivity contribution is -0.135. The molecule has 0 aliphatic carbocycles. The number of benzene rings is 3. The number of nitrogens with one attached hydrogen (secondary N) is 3. The third-order valence-corrected chi connectivity index (χ3v) is 8.70. The molecule has 47 heavy (non-hydrogen) atoms. The monoisotopic (exact) mass is 667 g/mol. The minimum absolute atomic E-state index is 0.0194. The lowest BCUT2D eigenvalue weighted by Gasteiger charge is -2.31. The van der Waals surface area contributed by atoms with Crippen molar-refractivity contribution in [3.63, 3.8) is 0 Å². The molecule has 9 N–H and O–H groups in total. The quantitative estimate of drug-likeness (QED) is 0.0555. The smallest absolute Gasteiger partial charge is 0.238 e. The van der Waals surface area contributed by atoms with E-state index in [4.69, 9.17) is 25.8 Å². The fourth-order valence-electron chi connectivity index (χ4n) is 4.99. The highest BCUT2D eigenvalue weighted by Crippen LogP contribution is 2.45. The number of H-pyrrole nitrogens is 1. The highest BCUT2D eigenvalue weighted by molar-refractivity contribution is 7.89. The molecular weight excluding hydrogens is 626 g/mol. The number of ether oxygens (including phenoxy) is 2. The van der Waals surface area contributed by atoms with Crippen LogP contribution in [0.1, 0.15) is 25.0 Å². The lowest BCUT2D eigenvalue weighted by atomic mass is 9.80. The number of primary sulfonamides is 1. The maximum atomic E-state index is 13.9. The molecule has 3 aromatic carbocycles. The fraction of sp³-hybridized carbons (Fsp3) is 0.344. The Morgan fingerprint density at radius 1 is 1.02 bits per heavy atom. The first-order valence-electron chi connectivity index (χ1n) is 14.8. The SMILES string of the molecule is CNCCOCCOCCN(C)C(=O)C(C)(C)c1cc(-c2nc3cc(C(=N)N)ccc3[nH]2)c(O)c(-c2cc(S(N)(=O)=O)ccc2O)c1. The molecule has 0 fully saturated rings. The number of nitrogen functional groups attached to an aromatic ring is 1. The van der Waals surface area contributed by atoms with Crippen molar-refractivity contribution in [2.24, 2.45) is 10.9 Å². The summed E-state index contributed by atoms with van der Waals surface area (Å²) in [5, 5.41) is 38.6. The summed E-state index contributed by atoms with van der Waals surface area (Å²) in [4.78, 5) is 22.9. The van der Waals surface area contributed by atoms with Gasteiger partial charge in [0.1, 0.15) is 23.2 Å². The number of aromatic nitrogens is 2. The molecule has 0 saturated carbocycles. The number of nitrogens with two attached hydrogens (primary N) is 2. The third kappa shape index (κ3) is 8.07. The van der Waals surface area contributed by atoms with Gasteiger partial charge in [0.05, 0.1) is 53.3 Å². The van der Waals surface area contributed by atoms with Gasteiger partial charge in [-0.25, -0.2) is 18.5 Å². The van der Waals surface area contributed by atoms with Crippen LogP contribution in [0.15, 0.2) is 53.4 Å². The van der Waals surface area contributed by atoms with Crippen molar-refractivity contribution in [1.82, 2.24) is 20.2 Å². The van der Waals surface area contributed by atoms with E-state index in [0.717, 1.165) is 18.7 Å². The van der Waals surface area contributed by atoms with Gasteiger partial charge in [0.15, 0.2) is 0 Å².